The van der Waals surface area contributed by atoms with Crippen molar-refractivity contribution >= 4 is 16.8 Å². The number of carbonyl (C=O) groups excluding carboxylic acids is 1. The highest BCUT2D eigenvalue weighted by Crippen LogP contribution is 2.35. The third kappa shape index (κ3) is 3.91. The summed E-state index contributed by atoms with van der Waals surface area (Å²) in [5.74, 6) is 0.992. The monoisotopic (exact) mass is 340 g/mol. The van der Waals surface area contributed by atoms with Crippen LogP contribution in [0.5, 0.6) is 0 Å². The van der Waals surface area contributed by atoms with Gasteiger partial charge in [0.25, 0.3) is 0 Å². The molecule has 0 spiro atoms. The van der Waals surface area contributed by atoms with Gasteiger partial charge in [-0.15, -0.1) is 0 Å². The molecule has 1 aliphatic rings. The number of unbranched alkanes of at least 4 members (excludes halogenated alkanes) is 2. The van der Waals surface area contributed by atoms with E-state index in [9.17, 15) is 4.79 Å². The van der Waals surface area contributed by atoms with Gasteiger partial charge in [0, 0.05) is 42.7 Å². The lowest BCUT2D eigenvalue weighted by atomic mass is 9.89. The number of hydrogen-bond acceptors (Lipinski definition) is 1. The van der Waals surface area contributed by atoms with Gasteiger partial charge in [0.2, 0.25) is 5.91 Å². The minimum atomic E-state index is 0.108. The number of fused-ring (bicyclic) bond motifs is 1. The SMILES string of the molecule is CCCCCn1cc(C2CCN(C(=O)C(C)C)CC2)c2ccccc21. The van der Waals surface area contributed by atoms with Gasteiger partial charge in [-0.2, -0.15) is 0 Å². The van der Waals surface area contributed by atoms with E-state index in [0.29, 0.717) is 11.8 Å². The zero-order chi connectivity index (χ0) is 17.8. The van der Waals surface area contributed by atoms with E-state index in [1.165, 1.54) is 35.7 Å². The molecule has 1 aliphatic heterocycles. The lowest BCUT2D eigenvalue weighted by molar-refractivity contribution is -0.135. The van der Waals surface area contributed by atoms with Crippen LogP contribution in [0.4, 0.5) is 0 Å². The average molecular weight is 341 g/mol. The van der Waals surface area contributed by atoms with E-state index in [2.05, 4.69) is 46.9 Å². The molecule has 0 radical (unpaired) electrons. The summed E-state index contributed by atoms with van der Waals surface area (Å²) in [6, 6.07) is 8.82. The van der Waals surface area contributed by atoms with E-state index in [0.717, 1.165) is 32.5 Å². The van der Waals surface area contributed by atoms with Crippen molar-refractivity contribution in [3.63, 3.8) is 0 Å². The van der Waals surface area contributed by atoms with Crippen molar-refractivity contribution in [2.75, 3.05) is 13.1 Å². The Bertz CT molecular complexity index is 708. The lowest BCUT2D eigenvalue weighted by Crippen LogP contribution is -2.40. The third-order valence-electron chi connectivity index (χ3n) is 5.56. The molecular formula is C22H32N2O. The van der Waals surface area contributed by atoms with E-state index < -0.39 is 0 Å². The van der Waals surface area contributed by atoms with Crippen molar-refractivity contribution in [3.8, 4) is 0 Å². The molecule has 0 saturated carbocycles. The molecule has 136 valence electrons. The molecule has 0 bridgehead atoms. The topological polar surface area (TPSA) is 25.2 Å². The highest BCUT2D eigenvalue weighted by molar-refractivity contribution is 5.84. The number of amides is 1. The van der Waals surface area contributed by atoms with Crippen LogP contribution in [-0.4, -0.2) is 28.5 Å². The molecule has 0 N–H and O–H groups in total. The molecule has 0 atom stereocenters. The summed E-state index contributed by atoms with van der Waals surface area (Å²) in [5, 5.41) is 1.41. The normalized spacial score (nSPS) is 16.1. The van der Waals surface area contributed by atoms with E-state index in [4.69, 9.17) is 0 Å². The summed E-state index contributed by atoms with van der Waals surface area (Å²) in [6.45, 7) is 9.16. The average Bonchev–Trinajstić information content (AvgIpc) is 3.00. The first kappa shape index (κ1) is 18.0. The van der Waals surface area contributed by atoms with Crippen LogP contribution in [0, 0.1) is 5.92 Å². The molecule has 1 fully saturated rings. The van der Waals surface area contributed by atoms with Gasteiger partial charge in [-0.05, 0) is 36.8 Å². The quantitative estimate of drug-likeness (QED) is 0.664. The van der Waals surface area contributed by atoms with Gasteiger partial charge in [0.05, 0.1) is 0 Å². The largest absolute Gasteiger partial charge is 0.347 e. The molecule has 3 nitrogen and oxygen atoms in total. The van der Waals surface area contributed by atoms with Crippen LogP contribution in [0.1, 0.15) is 64.4 Å². The summed E-state index contributed by atoms with van der Waals surface area (Å²) in [5.41, 5.74) is 2.86. The van der Waals surface area contributed by atoms with Crippen molar-refractivity contribution in [3.05, 3.63) is 36.0 Å². The van der Waals surface area contributed by atoms with E-state index in [-0.39, 0.29) is 5.92 Å². The maximum Gasteiger partial charge on any atom is 0.225 e. The standard InChI is InChI=1S/C22H32N2O/c1-4-5-8-13-24-16-20(19-9-6-7-10-21(19)24)18-11-14-23(15-12-18)22(25)17(2)3/h6-7,9-10,16-18H,4-5,8,11-15H2,1-3H3. The molecule has 2 heterocycles. The fourth-order valence-electron chi connectivity index (χ4n) is 4.09. The Morgan fingerprint density at radius 1 is 1.16 bits per heavy atom. The fourth-order valence-corrected chi connectivity index (χ4v) is 4.09. The summed E-state index contributed by atoms with van der Waals surface area (Å²) in [7, 11) is 0. The Morgan fingerprint density at radius 2 is 1.88 bits per heavy atom. The Balaban J connectivity index is 1.77. The van der Waals surface area contributed by atoms with Gasteiger partial charge in [0.1, 0.15) is 0 Å². The second-order valence-corrected chi connectivity index (χ2v) is 7.76. The minimum absolute atomic E-state index is 0.108. The van der Waals surface area contributed by atoms with Crippen LogP contribution >= 0.6 is 0 Å². The predicted octanol–water partition coefficient (Wildman–Crippen LogP) is 5.19. The molecule has 0 aliphatic carbocycles. The van der Waals surface area contributed by atoms with Crippen LogP contribution in [0.15, 0.2) is 30.5 Å². The number of rotatable bonds is 6. The smallest absolute Gasteiger partial charge is 0.225 e. The maximum absolute atomic E-state index is 12.2. The third-order valence-corrected chi connectivity index (χ3v) is 5.56. The number of para-hydroxylation sites is 1. The highest BCUT2D eigenvalue weighted by atomic mass is 16.2. The summed E-state index contributed by atoms with van der Waals surface area (Å²) < 4.78 is 2.45. The van der Waals surface area contributed by atoms with Gasteiger partial charge in [-0.25, -0.2) is 0 Å². The van der Waals surface area contributed by atoms with Gasteiger partial charge in [-0.3, -0.25) is 4.79 Å². The summed E-state index contributed by atoms with van der Waals surface area (Å²) in [6.07, 6.45) is 8.36. The number of aryl methyl sites for hydroxylation is 1. The first-order valence-electron chi connectivity index (χ1n) is 9.98. The predicted molar refractivity (Wildman–Crippen MR) is 105 cm³/mol. The fraction of sp³-hybridized carbons (Fsp3) is 0.591. The van der Waals surface area contributed by atoms with Crippen molar-refractivity contribution in [1.29, 1.82) is 0 Å². The number of aromatic nitrogens is 1. The van der Waals surface area contributed by atoms with Gasteiger partial charge in [-0.1, -0.05) is 51.8 Å². The van der Waals surface area contributed by atoms with Crippen LogP contribution in [-0.2, 0) is 11.3 Å². The molecule has 3 heteroatoms. The molecule has 25 heavy (non-hydrogen) atoms. The van der Waals surface area contributed by atoms with Gasteiger partial charge < -0.3 is 9.47 Å². The first-order chi connectivity index (χ1) is 12.1. The zero-order valence-corrected chi connectivity index (χ0v) is 16.0. The zero-order valence-electron chi connectivity index (χ0n) is 16.0. The Labute approximate surface area is 152 Å². The summed E-state index contributed by atoms with van der Waals surface area (Å²) in [4.78, 5) is 14.3. The molecule has 1 amide bonds. The molecule has 2 aromatic rings. The van der Waals surface area contributed by atoms with Gasteiger partial charge >= 0.3 is 0 Å². The van der Waals surface area contributed by atoms with Crippen molar-refractivity contribution < 1.29 is 4.79 Å². The molecule has 1 aromatic carbocycles. The molecule has 3 rings (SSSR count). The molecule has 1 aromatic heterocycles. The van der Waals surface area contributed by atoms with E-state index in [1.807, 2.05) is 13.8 Å². The summed E-state index contributed by atoms with van der Waals surface area (Å²) >= 11 is 0. The second kappa shape index (κ2) is 8.07. The molecule has 0 unspecified atom stereocenters. The number of piperidine rings is 1. The Hall–Kier alpha value is -1.77. The van der Waals surface area contributed by atoms with Crippen molar-refractivity contribution in [2.45, 2.75) is 65.3 Å². The highest BCUT2D eigenvalue weighted by Gasteiger charge is 2.26. The van der Waals surface area contributed by atoms with Crippen LogP contribution in [0.25, 0.3) is 10.9 Å². The number of likely N-dealkylation sites (tertiary alicyclic amines) is 1. The van der Waals surface area contributed by atoms with Crippen LogP contribution < -0.4 is 0 Å². The number of benzene rings is 1. The molecule has 1 saturated heterocycles. The van der Waals surface area contributed by atoms with Crippen molar-refractivity contribution in [2.24, 2.45) is 5.92 Å². The number of hydrogen-bond donors (Lipinski definition) is 0. The van der Waals surface area contributed by atoms with E-state index >= 15 is 0 Å². The van der Waals surface area contributed by atoms with Gasteiger partial charge in [0.15, 0.2) is 0 Å². The first-order valence-corrected chi connectivity index (χ1v) is 9.98. The van der Waals surface area contributed by atoms with Crippen molar-refractivity contribution in [1.82, 2.24) is 9.47 Å². The van der Waals surface area contributed by atoms with E-state index in [1.54, 1.807) is 0 Å². The number of nitrogens with zero attached hydrogens (tertiary/aromatic N) is 2. The number of carbonyl (C=O) groups is 1. The maximum atomic E-state index is 12.2. The minimum Gasteiger partial charge on any atom is -0.347 e. The van der Waals surface area contributed by atoms with Crippen LogP contribution in [0.2, 0.25) is 0 Å². The Kier molecular flexibility index (Phi) is 5.82. The van der Waals surface area contributed by atoms with Crippen LogP contribution in [0.3, 0.4) is 0 Å². The lowest BCUT2D eigenvalue weighted by Gasteiger charge is -2.33. The second-order valence-electron chi connectivity index (χ2n) is 7.76. The Morgan fingerprint density at radius 3 is 2.56 bits per heavy atom. The molecular weight excluding hydrogens is 308 g/mol.